The highest BCUT2D eigenvalue weighted by molar-refractivity contribution is 6.26. The summed E-state index contributed by atoms with van der Waals surface area (Å²) in [5, 5.41) is 39.8. The van der Waals surface area contributed by atoms with E-state index in [-0.39, 0.29) is 50.1 Å². The monoisotopic (exact) mass is 942 g/mol. The first-order chi connectivity index (χ1) is 31.7. The second kappa shape index (κ2) is 20.8. The van der Waals surface area contributed by atoms with Crippen LogP contribution in [-0.2, 0) is 57.1 Å². The SMILES string of the molecule is COCCOCCOCC(=O)OC1C(C)CC(C)C2C1C=CC1/C(C)=C/CC(OC3CC(C)([N+](=O)[O-])C(NC(=O)OC)C(C)O3)/C(C)=C/C3C(O)C=C(C=O)CC34OC(=O)/C(=C(/O)C12C)C4=O. The smallest absolute Gasteiger partial charge is 0.407 e. The zero-order valence-electron chi connectivity index (χ0n) is 39.7. The first-order valence-electron chi connectivity index (χ1n) is 22.9. The number of Topliss-reactive ketones (excluding diaryl/α,β-unsaturated/α-hetero) is 1. The summed E-state index contributed by atoms with van der Waals surface area (Å²) in [4.78, 5) is 79.6. The van der Waals surface area contributed by atoms with Gasteiger partial charge in [0.1, 0.15) is 36.4 Å². The number of alkyl carbamates (subject to hydrolysis) is 1. The third-order valence-corrected chi connectivity index (χ3v) is 15.0. The molecule has 0 aromatic carbocycles. The number of nitrogens with one attached hydrogen (secondary N) is 1. The van der Waals surface area contributed by atoms with Crippen LogP contribution in [0.2, 0.25) is 0 Å². The van der Waals surface area contributed by atoms with E-state index in [2.05, 4.69) is 5.32 Å². The van der Waals surface area contributed by atoms with Gasteiger partial charge in [0.15, 0.2) is 11.9 Å². The fraction of sp³-hybridized carbons (Fsp3) is 0.688. The Balaban J connectivity index is 1.43. The third kappa shape index (κ3) is 9.90. The third-order valence-electron chi connectivity index (χ3n) is 15.0. The minimum absolute atomic E-state index is 0.0111. The molecule has 6 rings (SSSR count). The summed E-state index contributed by atoms with van der Waals surface area (Å²) in [6, 6.07) is -1.10. The van der Waals surface area contributed by atoms with E-state index < -0.39 is 123 Å². The van der Waals surface area contributed by atoms with Crippen molar-refractivity contribution in [3.63, 3.8) is 0 Å². The molecule has 1 amide bonds. The molecule has 2 heterocycles. The molecular weight excluding hydrogens is 877 g/mol. The molecule has 4 aliphatic carbocycles. The van der Waals surface area contributed by atoms with Crippen molar-refractivity contribution in [1.29, 1.82) is 0 Å². The number of allylic oxidation sites excluding steroid dienone is 3. The van der Waals surface area contributed by atoms with E-state index in [0.29, 0.717) is 31.5 Å². The zero-order valence-corrected chi connectivity index (χ0v) is 39.7. The van der Waals surface area contributed by atoms with Gasteiger partial charge in [0.25, 0.3) is 0 Å². The maximum Gasteiger partial charge on any atom is 0.407 e. The molecule has 2 bridgehead atoms. The van der Waals surface area contributed by atoms with Crippen LogP contribution >= 0.6 is 0 Å². The van der Waals surface area contributed by atoms with Gasteiger partial charge in [0.05, 0.1) is 64.2 Å². The topological polar surface area (TPSA) is 255 Å². The van der Waals surface area contributed by atoms with Crippen LogP contribution in [0.4, 0.5) is 4.79 Å². The number of carbonyl (C=O) groups is 5. The van der Waals surface area contributed by atoms with Gasteiger partial charge >= 0.3 is 18.0 Å². The van der Waals surface area contributed by atoms with Crippen molar-refractivity contribution in [2.45, 2.75) is 122 Å². The summed E-state index contributed by atoms with van der Waals surface area (Å²) in [5.41, 5.74) is -4.76. The molecule has 3 fully saturated rings. The molecule has 0 aromatic rings. The van der Waals surface area contributed by atoms with Gasteiger partial charge in [-0.25, -0.2) is 14.4 Å². The molecule has 3 N–H and O–H groups in total. The fourth-order valence-corrected chi connectivity index (χ4v) is 11.7. The van der Waals surface area contributed by atoms with Gasteiger partial charge in [-0.15, -0.1) is 0 Å². The molecule has 15 atom stereocenters. The minimum atomic E-state index is -2.16. The lowest BCUT2D eigenvalue weighted by atomic mass is 9.49. The van der Waals surface area contributed by atoms with Crippen LogP contribution in [0.5, 0.6) is 0 Å². The molecule has 0 aromatic heterocycles. The maximum atomic E-state index is 15.2. The number of ether oxygens (including phenoxy) is 8. The number of fused-ring (bicyclic) bond motifs is 4. The number of nitro groups is 1. The van der Waals surface area contributed by atoms with Crippen LogP contribution in [-0.4, -0.2) is 140 Å². The van der Waals surface area contributed by atoms with Gasteiger partial charge in [-0.05, 0) is 68.6 Å². The second-order valence-electron chi connectivity index (χ2n) is 19.4. The number of aliphatic hydroxyl groups excluding tert-OH is 2. The first kappa shape index (κ1) is 51.6. The summed E-state index contributed by atoms with van der Waals surface area (Å²) in [5.74, 6) is -6.38. The molecular formula is C48H66N2O17. The van der Waals surface area contributed by atoms with Crippen molar-refractivity contribution in [2.75, 3.05) is 47.3 Å². The van der Waals surface area contributed by atoms with E-state index in [1.807, 2.05) is 39.0 Å². The summed E-state index contributed by atoms with van der Waals surface area (Å²) in [6.07, 6.45) is 2.97. The van der Waals surface area contributed by atoms with Crippen LogP contribution in [0.3, 0.4) is 0 Å². The molecule has 2 aliphatic heterocycles. The highest BCUT2D eigenvalue weighted by Crippen LogP contribution is 2.60. The highest BCUT2D eigenvalue weighted by atomic mass is 16.7. The van der Waals surface area contributed by atoms with Crippen molar-refractivity contribution in [1.82, 2.24) is 5.32 Å². The summed E-state index contributed by atoms with van der Waals surface area (Å²) in [7, 11) is 2.71. The van der Waals surface area contributed by atoms with Crippen molar-refractivity contribution < 1.29 is 77.0 Å². The Kier molecular flexibility index (Phi) is 16.0. The van der Waals surface area contributed by atoms with Crippen LogP contribution in [0.1, 0.15) is 74.1 Å². The van der Waals surface area contributed by atoms with Gasteiger partial charge in [0, 0.05) is 42.6 Å². The molecule has 19 heteroatoms. The Bertz CT molecular complexity index is 2100. The normalized spacial score (nSPS) is 41.1. The van der Waals surface area contributed by atoms with E-state index in [9.17, 15) is 39.5 Å². The summed E-state index contributed by atoms with van der Waals surface area (Å²) in [6.45, 7) is 13.2. The van der Waals surface area contributed by atoms with Crippen molar-refractivity contribution >= 4 is 30.1 Å². The van der Waals surface area contributed by atoms with Gasteiger partial charge < -0.3 is 53.4 Å². The Labute approximate surface area is 390 Å². The van der Waals surface area contributed by atoms with E-state index in [1.54, 1.807) is 34.0 Å². The average Bonchev–Trinajstić information content (AvgIpc) is 3.52. The lowest BCUT2D eigenvalue weighted by Gasteiger charge is -2.56. The number of rotatable bonds is 14. The predicted molar refractivity (Wildman–Crippen MR) is 236 cm³/mol. The molecule has 370 valence electrons. The van der Waals surface area contributed by atoms with Crippen molar-refractivity contribution in [2.24, 2.45) is 40.9 Å². The number of hydrogen-bond donors (Lipinski definition) is 3. The standard InChI is InChI=1S/C48H66N2O17/c1-25-10-13-35(65-37-22-46(6,50(58)59)41(29(5)64-37)49-45(57)61-9)26(2)19-33-34(52)20-30(23-51)21-48(33)43(55)38(44(56)67-48)42(54)47(7)32(25)12-11-31-39(47)27(3)18-28(4)40(31)66-36(53)24-63-17-16-62-15-14-60-8/h10-12,19-20,23,27-29,31-35,37,39-41,52,54H,13-18,21-22,24H2,1-9H3,(H,49,57)/b25-10+,26-19+,42-38+. The molecule has 1 spiro atoms. The largest absolute Gasteiger partial charge is 0.511 e. The number of methoxy groups -OCH3 is 2. The minimum Gasteiger partial charge on any atom is -0.511 e. The van der Waals surface area contributed by atoms with Crippen LogP contribution in [0, 0.1) is 51.0 Å². The second-order valence-corrected chi connectivity index (χ2v) is 19.4. The van der Waals surface area contributed by atoms with Crippen LogP contribution in [0.15, 0.2) is 58.4 Å². The van der Waals surface area contributed by atoms with Gasteiger partial charge in [0.2, 0.25) is 11.3 Å². The number of aliphatic hydroxyl groups is 2. The lowest BCUT2D eigenvalue weighted by molar-refractivity contribution is -0.584. The Morgan fingerprint density at radius 1 is 1.01 bits per heavy atom. The predicted octanol–water partition coefficient (Wildman–Crippen LogP) is 4.44. The lowest BCUT2D eigenvalue weighted by Crippen LogP contribution is -2.65. The molecule has 67 heavy (non-hydrogen) atoms. The van der Waals surface area contributed by atoms with Crippen LogP contribution in [0.25, 0.3) is 0 Å². The molecule has 6 aliphatic rings. The number of hydrogen-bond acceptors (Lipinski definition) is 17. The summed E-state index contributed by atoms with van der Waals surface area (Å²) >= 11 is 0. The molecule has 15 unspecified atom stereocenters. The number of esters is 2. The summed E-state index contributed by atoms with van der Waals surface area (Å²) < 4.78 is 45.7. The van der Waals surface area contributed by atoms with Crippen LogP contribution < -0.4 is 5.32 Å². The highest BCUT2D eigenvalue weighted by Gasteiger charge is 2.64. The van der Waals surface area contributed by atoms with E-state index in [0.717, 1.165) is 12.7 Å². The van der Waals surface area contributed by atoms with Gasteiger partial charge in [-0.3, -0.25) is 19.7 Å². The number of ketones is 1. The Morgan fingerprint density at radius 2 is 1.72 bits per heavy atom. The molecule has 1 saturated carbocycles. The average molecular weight is 943 g/mol. The zero-order chi connectivity index (χ0) is 49.2. The number of amides is 1. The van der Waals surface area contributed by atoms with E-state index in [4.69, 9.17) is 37.9 Å². The Morgan fingerprint density at radius 3 is 2.39 bits per heavy atom. The Hall–Kier alpha value is -4.79. The quantitative estimate of drug-likeness (QED) is 0.0318. The first-order valence-corrected chi connectivity index (χ1v) is 22.9. The number of aldehydes is 1. The molecule has 0 radical (unpaired) electrons. The van der Waals surface area contributed by atoms with Crippen molar-refractivity contribution in [3.05, 3.63) is 68.5 Å². The van der Waals surface area contributed by atoms with Gasteiger partial charge in [-0.1, -0.05) is 50.6 Å². The van der Waals surface area contributed by atoms with E-state index >= 15 is 4.79 Å². The van der Waals surface area contributed by atoms with E-state index in [1.165, 1.54) is 13.0 Å². The van der Waals surface area contributed by atoms with Gasteiger partial charge in [-0.2, -0.15) is 0 Å². The number of nitrogens with zero attached hydrogens (tertiary/aromatic N) is 1. The molecule has 2 saturated heterocycles. The molecule has 19 nitrogen and oxygen atoms in total. The number of carbonyl (C=O) groups excluding carboxylic acids is 5. The maximum absolute atomic E-state index is 15.2. The van der Waals surface area contributed by atoms with Crippen molar-refractivity contribution in [3.8, 4) is 0 Å². The fourth-order valence-electron chi connectivity index (χ4n) is 11.7.